The van der Waals surface area contributed by atoms with Crippen molar-refractivity contribution in [2.24, 2.45) is 0 Å². The highest BCUT2D eigenvalue weighted by molar-refractivity contribution is 7.12. The van der Waals surface area contributed by atoms with Crippen LogP contribution in [0.25, 0.3) is 0 Å². The Balaban J connectivity index is 1.94. The summed E-state index contributed by atoms with van der Waals surface area (Å²) < 4.78 is 5.55. The number of aryl methyl sites for hydroxylation is 1. The van der Waals surface area contributed by atoms with Gasteiger partial charge in [0.1, 0.15) is 0 Å². The lowest BCUT2D eigenvalue weighted by Crippen LogP contribution is -2.36. The maximum atomic E-state index is 5.55. The number of nitrogens with one attached hydrogen (secondary N) is 1. The zero-order valence-corrected chi connectivity index (χ0v) is 10.4. The van der Waals surface area contributed by atoms with Crippen molar-refractivity contribution in [1.29, 1.82) is 0 Å². The van der Waals surface area contributed by atoms with Crippen LogP contribution in [0.4, 0.5) is 0 Å². The van der Waals surface area contributed by atoms with Gasteiger partial charge in [0.25, 0.3) is 0 Å². The van der Waals surface area contributed by atoms with E-state index in [1.807, 2.05) is 11.3 Å². The molecule has 0 amide bonds. The second-order valence-corrected chi connectivity index (χ2v) is 5.63. The first kappa shape index (κ1) is 11.1. The summed E-state index contributed by atoms with van der Waals surface area (Å²) in [6.45, 7) is 7.44. The molecule has 15 heavy (non-hydrogen) atoms. The van der Waals surface area contributed by atoms with Crippen LogP contribution in [0.5, 0.6) is 0 Å². The van der Waals surface area contributed by atoms with Crippen molar-refractivity contribution < 1.29 is 4.74 Å². The minimum Gasteiger partial charge on any atom is -0.377 e. The topological polar surface area (TPSA) is 21.3 Å². The zero-order valence-electron chi connectivity index (χ0n) is 9.62. The Kier molecular flexibility index (Phi) is 3.44. The minimum atomic E-state index is 0.355. The smallest absolute Gasteiger partial charge is 0.0700 e. The van der Waals surface area contributed by atoms with E-state index in [0.29, 0.717) is 18.2 Å². The van der Waals surface area contributed by atoms with E-state index in [-0.39, 0.29) is 0 Å². The van der Waals surface area contributed by atoms with Crippen LogP contribution in [-0.2, 0) is 4.74 Å². The molecule has 3 unspecified atom stereocenters. The third-order valence-electron chi connectivity index (χ3n) is 3.03. The molecular weight excluding hydrogens is 206 g/mol. The molecule has 1 aliphatic heterocycles. The Morgan fingerprint density at radius 2 is 2.33 bits per heavy atom. The van der Waals surface area contributed by atoms with E-state index in [9.17, 15) is 0 Å². The number of rotatable bonds is 3. The van der Waals surface area contributed by atoms with Crippen molar-refractivity contribution in [3.8, 4) is 0 Å². The van der Waals surface area contributed by atoms with E-state index in [0.717, 1.165) is 13.0 Å². The van der Waals surface area contributed by atoms with Gasteiger partial charge in [-0.25, -0.2) is 0 Å². The number of thiophene rings is 1. The SMILES string of the molecule is Cc1ccc(C(C)NC2CCOC2C)s1. The first-order valence-electron chi connectivity index (χ1n) is 5.61. The second-order valence-electron chi connectivity index (χ2n) is 4.31. The predicted molar refractivity (Wildman–Crippen MR) is 64.4 cm³/mol. The molecule has 1 saturated heterocycles. The fraction of sp³-hybridized carbons (Fsp3) is 0.667. The van der Waals surface area contributed by atoms with E-state index in [1.165, 1.54) is 9.75 Å². The summed E-state index contributed by atoms with van der Waals surface area (Å²) in [5.74, 6) is 0. The number of hydrogen-bond acceptors (Lipinski definition) is 3. The van der Waals surface area contributed by atoms with E-state index in [1.54, 1.807) is 0 Å². The highest BCUT2D eigenvalue weighted by Crippen LogP contribution is 2.24. The third-order valence-corrected chi connectivity index (χ3v) is 4.21. The average Bonchev–Trinajstić information content (AvgIpc) is 2.77. The van der Waals surface area contributed by atoms with E-state index in [4.69, 9.17) is 4.74 Å². The van der Waals surface area contributed by atoms with Crippen molar-refractivity contribution in [3.63, 3.8) is 0 Å². The highest BCUT2D eigenvalue weighted by Gasteiger charge is 2.25. The van der Waals surface area contributed by atoms with Gasteiger partial charge in [-0.1, -0.05) is 0 Å². The summed E-state index contributed by atoms with van der Waals surface area (Å²) in [4.78, 5) is 2.81. The van der Waals surface area contributed by atoms with Gasteiger partial charge in [0.05, 0.1) is 6.10 Å². The molecule has 0 spiro atoms. The van der Waals surface area contributed by atoms with Gasteiger partial charge in [0.2, 0.25) is 0 Å². The van der Waals surface area contributed by atoms with Crippen LogP contribution in [0, 0.1) is 6.92 Å². The highest BCUT2D eigenvalue weighted by atomic mass is 32.1. The maximum absolute atomic E-state index is 5.55. The molecule has 0 bridgehead atoms. The van der Waals surface area contributed by atoms with Gasteiger partial charge in [-0.05, 0) is 39.3 Å². The molecule has 3 atom stereocenters. The Morgan fingerprint density at radius 1 is 1.53 bits per heavy atom. The summed E-state index contributed by atoms with van der Waals surface area (Å²) in [5, 5.41) is 3.64. The maximum Gasteiger partial charge on any atom is 0.0700 e. The third kappa shape index (κ3) is 2.60. The summed E-state index contributed by atoms with van der Waals surface area (Å²) in [5.41, 5.74) is 0. The van der Waals surface area contributed by atoms with Crippen molar-refractivity contribution in [2.45, 2.75) is 45.4 Å². The Morgan fingerprint density at radius 3 is 2.87 bits per heavy atom. The largest absolute Gasteiger partial charge is 0.377 e. The van der Waals surface area contributed by atoms with Crippen LogP contribution in [0.3, 0.4) is 0 Å². The fourth-order valence-corrected chi connectivity index (χ4v) is 2.93. The van der Waals surface area contributed by atoms with Crippen LogP contribution in [0.2, 0.25) is 0 Å². The molecule has 2 nitrogen and oxygen atoms in total. The van der Waals surface area contributed by atoms with Gasteiger partial charge in [0, 0.05) is 28.4 Å². The normalized spacial score (nSPS) is 28.2. The van der Waals surface area contributed by atoms with Gasteiger partial charge in [0.15, 0.2) is 0 Å². The summed E-state index contributed by atoms with van der Waals surface area (Å²) in [6.07, 6.45) is 1.49. The van der Waals surface area contributed by atoms with Crippen LogP contribution >= 0.6 is 11.3 Å². The lowest BCUT2D eigenvalue weighted by atomic mass is 10.1. The Labute approximate surface area is 95.6 Å². The van der Waals surface area contributed by atoms with E-state index < -0.39 is 0 Å². The average molecular weight is 225 g/mol. The monoisotopic (exact) mass is 225 g/mol. The van der Waals surface area contributed by atoms with Gasteiger partial charge in [-0.2, -0.15) is 0 Å². The first-order chi connectivity index (χ1) is 7.16. The predicted octanol–water partition coefficient (Wildman–Crippen LogP) is 2.88. The summed E-state index contributed by atoms with van der Waals surface area (Å²) in [6, 6.07) is 5.37. The molecule has 84 valence electrons. The Hall–Kier alpha value is -0.380. The molecule has 1 aromatic rings. The summed E-state index contributed by atoms with van der Waals surface area (Å²) in [7, 11) is 0. The Bertz CT molecular complexity index is 323. The number of ether oxygens (including phenoxy) is 1. The van der Waals surface area contributed by atoms with Crippen LogP contribution in [0.15, 0.2) is 12.1 Å². The molecule has 1 aliphatic rings. The molecule has 1 N–H and O–H groups in total. The minimum absolute atomic E-state index is 0.355. The standard InChI is InChI=1S/C12H19NOS/c1-8-4-5-12(15-8)9(2)13-11-6-7-14-10(11)3/h4-5,9-11,13H,6-7H2,1-3H3. The molecule has 0 saturated carbocycles. The van der Waals surface area contributed by atoms with Crippen molar-refractivity contribution in [1.82, 2.24) is 5.32 Å². The van der Waals surface area contributed by atoms with Gasteiger partial charge in [-0.3, -0.25) is 0 Å². The van der Waals surface area contributed by atoms with E-state index >= 15 is 0 Å². The van der Waals surface area contributed by atoms with Crippen LogP contribution in [-0.4, -0.2) is 18.8 Å². The molecule has 1 aromatic heterocycles. The van der Waals surface area contributed by atoms with Crippen molar-refractivity contribution in [3.05, 3.63) is 21.9 Å². The number of hydrogen-bond donors (Lipinski definition) is 1. The van der Waals surface area contributed by atoms with Crippen molar-refractivity contribution in [2.75, 3.05) is 6.61 Å². The molecule has 1 fully saturated rings. The molecular formula is C12H19NOS. The molecule has 0 radical (unpaired) electrons. The lowest BCUT2D eigenvalue weighted by Gasteiger charge is -2.20. The van der Waals surface area contributed by atoms with Crippen LogP contribution < -0.4 is 5.32 Å². The lowest BCUT2D eigenvalue weighted by molar-refractivity contribution is 0.111. The van der Waals surface area contributed by atoms with E-state index in [2.05, 4.69) is 38.2 Å². The quantitative estimate of drug-likeness (QED) is 0.854. The molecule has 0 aromatic carbocycles. The van der Waals surface area contributed by atoms with Gasteiger partial charge < -0.3 is 10.1 Å². The molecule has 2 heterocycles. The van der Waals surface area contributed by atoms with Crippen molar-refractivity contribution >= 4 is 11.3 Å². The molecule has 2 rings (SSSR count). The summed E-state index contributed by atoms with van der Waals surface area (Å²) >= 11 is 1.88. The van der Waals surface area contributed by atoms with Crippen LogP contribution in [0.1, 0.15) is 36.1 Å². The molecule has 0 aliphatic carbocycles. The second kappa shape index (κ2) is 4.64. The fourth-order valence-electron chi connectivity index (χ4n) is 2.04. The van der Waals surface area contributed by atoms with Gasteiger partial charge in [-0.15, -0.1) is 11.3 Å². The van der Waals surface area contributed by atoms with Gasteiger partial charge >= 0.3 is 0 Å². The first-order valence-corrected chi connectivity index (χ1v) is 6.42. The zero-order chi connectivity index (χ0) is 10.8. The molecule has 3 heteroatoms.